The molecule has 1 rings (SSSR count). The van der Waals surface area contributed by atoms with Gasteiger partial charge < -0.3 is 4.74 Å². The molecule has 1 aromatic rings. The van der Waals surface area contributed by atoms with E-state index in [0.717, 1.165) is 12.2 Å². The van der Waals surface area contributed by atoms with Crippen LogP contribution in [0.4, 0.5) is 0 Å². The minimum absolute atomic E-state index is 0.176. The summed E-state index contributed by atoms with van der Waals surface area (Å²) >= 11 is 0. The van der Waals surface area contributed by atoms with Crippen molar-refractivity contribution in [1.82, 2.24) is 5.06 Å². The second-order valence-corrected chi connectivity index (χ2v) is 3.36. The van der Waals surface area contributed by atoms with Crippen LogP contribution in [-0.4, -0.2) is 31.7 Å². The average molecular weight is 223 g/mol. The number of carbonyl (C=O) groups is 1. The first-order valence-electron chi connectivity index (χ1n) is 5.24. The summed E-state index contributed by atoms with van der Waals surface area (Å²) in [5.41, 5.74) is 0.577. The van der Waals surface area contributed by atoms with E-state index < -0.39 is 0 Å². The lowest BCUT2D eigenvalue weighted by atomic mass is 10.2. The summed E-state index contributed by atoms with van der Waals surface area (Å²) in [6.07, 6.45) is 0.965. The molecule has 0 atom stereocenters. The second kappa shape index (κ2) is 6.12. The molecule has 0 radical (unpaired) electrons. The van der Waals surface area contributed by atoms with Gasteiger partial charge >= 0.3 is 0 Å². The first kappa shape index (κ1) is 12.5. The molecule has 0 saturated carbocycles. The zero-order valence-corrected chi connectivity index (χ0v) is 9.90. The van der Waals surface area contributed by atoms with Crippen molar-refractivity contribution in [3.8, 4) is 5.75 Å². The van der Waals surface area contributed by atoms with Crippen LogP contribution in [0, 0.1) is 0 Å². The Labute approximate surface area is 95.7 Å². The van der Waals surface area contributed by atoms with Crippen molar-refractivity contribution in [3.63, 3.8) is 0 Å². The van der Waals surface area contributed by atoms with Crippen LogP contribution in [0.2, 0.25) is 0 Å². The van der Waals surface area contributed by atoms with Gasteiger partial charge in [-0.25, -0.2) is 5.06 Å². The van der Waals surface area contributed by atoms with Gasteiger partial charge in [0.05, 0.1) is 13.7 Å². The Morgan fingerprint density at radius 1 is 1.31 bits per heavy atom. The number of hydrogen-bond acceptors (Lipinski definition) is 3. The van der Waals surface area contributed by atoms with E-state index in [2.05, 4.69) is 0 Å². The Hall–Kier alpha value is -1.55. The van der Waals surface area contributed by atoms with Crippen molar-refractivity contribution in [2.75, 3.05) is 20.8 Å². The molecule has 88 valence electrons. The van der Waals surface area contributed by atoms with Crippen LogP contribution in [-0.2, 0) is 4.84 Å². The smallest absolute Gasteiger partial charge is 0.277 e. The molecule has 0 unspecified atom stereocenters. The van der Waals surface area contributed by atoms with Crippen molar-refractivity contribution >= 4 is 5.91 Å². The number of amides is 1. The molecule has 0 fully saturated rings. The van der Waals surface area contributed by atoms with Crippen LogP contribution in [0.25, 0.3) is 0 Å². The van der Waals surface area contributed by atoms with Gasteiger partial charge in [0.15, 0.2) is 0 Å². The third-order valence-electron chi connectivity index (χ3n) is 2.13. The molecule has 0 saturated heterocycles. The fraction of sp³-hybridized carbons (Fsp3) is 0.417. The zero-order valence-electron chi connectivity index (χ0n) is 9.90. The van der Waals surface area contributed by atoms with E-state index in [1.54, 1.807) is 31.3 Å². The van der Waals surface area contributed by atoms with Crippen molar-refractivity contribution in [1.29, 1.82) is 0 Å². The Morgan fingerprint density at radius 2 is 1.94 bits per heavy atom. The van der Waals surface area contributed by atoms with E-state index in [4.69, 9.17) is 9.57 Å². The van der Waals surface area contributed by atoms with Crippen LogP contribution in [0.1, 0.15) is 23.7 Å². The van der Waals surface area contributed by atoms with Gasteiger partial charge in [0.1, 0.15) is 5.75 Å². The number of hydrogen-bond donors (Lipinski definition) is 0. The van der Waals surface area contributed by atoms with E-state index in [0.29, 0.717) is 12.2 Å². The molecule has 0 bridgehead atoms. The predicted octanol–water partition coefficient (Wildman–Crippen LogP) is 2.11. The molecular weight excluding hydrogens is 206 g/mol. The van der Waals surface area contributed by atoms with Gasteiger partial charge in [-0.05, 0) is 30.7 Å². The van der Waals surface area contributed by atoms with Crippen molar-refractivity contribution in [2.45, 2.75) is 13.3 Å². The second-order valence-electron chi connectivity index (χ2n) is 3.36. The molecular formula is C12H17NO3. The number of hydroxylamine groups is 2. The molecule has 1 aromatic carbocycles. The number of rotatable bonds is 5. The Kier molecular flexibility index (Phi) is 4.79. The highest BCUT2D eigenvalue weighted by molar-refractivity contribution is 5.93. The maximum atomic E-state index is 11.7. The standard InChI is InChI=1S/C12H17NO3/c1-4-9-16-11-7-5-10(6-8-11)12(14)13(2)15-3/h5-8H,4,9H2,1-3H3. The zero-order chi connectivity index (χ0) is 12.0. The van der Waals surface area contributed by atoms with Gasteiger partial charge in [-0.15, -0.1) is 0 Å². The molecule has 16 heavy (non-hydrogen) atoms. The van der Waals surface area contributed by atoms with Gasteiger partial charge in [-0.1, -0.05) is 6.92 Å². The average Bonchev–Trinajstić information content (AvgIpc) is 2.35. The highest BCUT2D eigenvalue weighted by atomic mass is 16.7. The molecule has 0 aliphatic rings. The lowest BCUT2D eigenvalue weighted by molar-refractivity contribution is -0.0757. The normalized spacial score (nSPS) is 9.94. The summed E-state index contributed by atoms with van der Waals surface area (Å²) < 4.78 is 5.42. The number of benzene rings is 1. The van der Waals surface area contributed by atoms with Crippen LogP contribution in [0.5, 0.6) is 5.75 Å². The molecule has 4 heteroatoms. The van der Waals surface area contributed by atoms with Crippen molar-refractivity contribution < 1.29 is 14.4 Å². The fourth-order valence-electron chi connectivity index (χ4n) is 1.18. The van der Waals surface area contributed by atoms with Crippen molar-refractivity contribution in [2.24, 2.45) is 0 Å². The highest BCUT2D eigenvalue weighted by Crippen LogP contribution is 2.13. The largest absolute Gasteiger partial charge is 0.494 e. The van der Waals surface area contributed by atoms with Gasteiger partial charge in [0, 0.05) is 12.6 Å². The molecule has 1 amide bonds. The van der Waals surface area contributed by atoms with Gasteiger partial charge in [0.25, 0.3) is 5.91 Å². The minimum Gasteiger partial charge on any atom is -0.494 e. The number of nitrogens with zero attached hydrogens (tertiary/aromatic N) is 1. The predicted molar refractivity (Wildman–Crippen MR) is 61.3 cm³/mol. The quantitative estimate of drug-likeness (QED) is 0.718. The number of ether oxygens (including phenoxy) is 1. The summed E-state index contributed by atoms with van der Waals surface area (Å²) in [4.78, 5) is 16.5. The summed E-state index contributed by atoms with van der Waals surface area (Å²) in [7, 11) is 3.03. The lowest BCUT2D eigenvalue weighted by Gasteiger charge is -2.13. The lowest BCUT2D eigenvalue weighted by Crippen LogP contribution is -2.25. The summed E-state index contributed by atoms with van der Waals surface area (Å²) in [6, 6.07) is 7.02. The fourth-order valence-corrected chi connectivity index (χ4v) is 1.18. The van der Waals surface area contributed by atoms with E-state index in [-0.39, 0.29) is 5.91 Å². The summed E-state index contributed by atoms with van der Waals surface area (Å²) in [5.74, 6) is 0.600. The first-order valence-corrected chi connectivity index (χ1v) is 5.24. The molecule has 0 aliphatic heterocycles. The topological polar surface area (TPSA) is 38.8 Å². The third-order valence-corrected chi connectivity index (χ3v) is 2.13. The molecule has 4 nitrogen and oxygen atoms in total. The highest BCUT2D eigenvalue weighted by Gasteiger charge is 2.10. The molecule has 0 N–H and O–H groups in total. The third kappa shape index (κ3) is 3.24. The first-order chi connectivity index (χ1) is 7.69. The maximum Gasteiger partial charge on any atom is 0.277 e. The minimum atomic E-state index is -0.176. The summed E-state index contributed by atoms with van der Waals surface area (Å²) in [5, 5.41) is 1.18. The van der Waals surface area contributed by atoms with Crippen molar-refractivity contribution in [3.05, 3.63) is 29.8 Å². The van der Waals surface area contributed by atoms with Crippen LogP contribution >= 0.6 is 0 Å². The molecule has 0 aliphatic carbocycles. The molecule has 0 heterocycles. The van der Waals surface area contributed by atoms with E-state index >= 15 is 0 Å². The van der Waals surface area contributed by atoms with Crippen LogP contribution in [0.3, 0.4) is 0 Å². The SMILES string of the molecule is CCCOc1ccc(C(=O)N(C)OC)cc1. The Balaban J connectivity index is 2.67. The molecule has 0 aromatic heterocycles. The number of carbonyl (C=O) groups excluding carboxylic acids is 1. The monoisotopic (exact) mass is 223 g/mol. The van der Waals surface area contributed by atoms with E-state index in [9.17, 15) is 4.79 Å². The van der Waals surface area contributed by atoms with Gasteiger partial charge in [-0.3, -0.25) is 9.63 Å². The van der Waals surface area contributed by atoms with E-state index in [1.165, 1.54) is 12.2 Å². The van der Waals surface area contributed by atoms with Crippen LogP contribution in [0.15, 0.2) is 24.3 Å². The van der Waals surface area contributed by atoms with Gasteiger partial charge in [0.2, 0.25) is 0 Å². The van der Waals surface area contributed by atoms with Crippen LogP contribution < -0.4 is 4.74 Å². The summed E-state index contributed by atoms with van der Waals surface area (Å²) in [6.45, 7) is 2.73. The van der Waals surface area contributed by atoms with Gasteiger partial charge in [-0.2, -0.15) is 0 Å². The maximum absolute atomic E-state index is 11.7. The Bertz CT molecular complexity index is 335. The molecule has 0 spiro atoms. The van der Waals surface area contributed by atoms with E-state index in [1.807, 2.05) is 6.92 Å². The Morgan fingerprint density at radius 3 is 2.44 bits per heavy atom.